The van der Waals surface area contributed by atoms with Crippen molar-refractivity contribution in [1.29, 1.82) is 0 Å². The fraction of sp³-hybridized carbons (Fsp3) is 0.295. The number of nitrogens with zero attached hydrogens (tertiary/aromatic N) is 1. The molecule has 0 bridgehead atoms. The average molecular weight is 760 g/mol. The number of carbonyl (C=O) groups is 4. The monoisotopic (exact) mass is 759 g/mol. The average Bonchev–Trinajstić information content (AvgIpc) is 3.77. The van der Waals surface area contributed by atoms with Crippen molar-refractivity contribution in [3.63, 3.8) is 0 Å². The van der Waals surface area contributed by atoms with Crippen LogP contribution < -0.4 is 10.6 Å². The molecule has 4 aromatic carbocycles. The molecule has 0 spiro atoms. The lowest BCUT2D eigenvalue weighted by Gasteiger charge is -2.22. The Morgan fingerprint density at radius 1 is 0.732 bits per heavy atom. The number of aromatic nitrogens is 1. The van der Waals surface area contributed by atoms with Crippen LogP contribution in [0, 0.1) is 0 Å². The van der Waals surface area contributed by atoms with Crippen LogP contribution in [0.15, 0.2) is 114 Å². The number of rotatable bonds is 14. The van der Waals surface area contributed by atoms with Gasteiger partial charge in [-0.2, -0.15) is 0 Å². The molecule has 1 aliphatic carbocycles. The van der Waals surface area contributed by atoms with E-state index in [1.807, 2.05) is 109 Å². The Bertz CT molecular complexity index is 2100. The van der Waals surface area contributed by atoms with Crippen LogP contribution in [-0.4, -0.2) is 48.4 Å². The second-order valence-electron chi connectivity index (χ2n) is 14.4. The molecule has 1 aromatic heterocycles. The number of carbonyl (C=O) groups excluding carboxylic acids is 4. The lowest BCUT2D eigenvalue weighted by molar-refractivity contribution is -0.145. The van der Waals surface area contributed by atoms with Gasteiger partial charge in [0.05, 0.1) is 13.2 Å². The lowest BCUT2D eigenvalue weighted by Crippen LogP contribution is -2.36. The van der Waals surface area contributed by atoms with Gasteiger partial charge in [0.1, 0.15) is 24.9 Å². The molecular weight excluding hydrogens is 714 g/mol. The predicted molar refractivity (Wildman–Crippen MR) is 207 cm³/mol. The third kappa shape index (κ3) is 10.0. The van der Waals surface area contributed by atoms with Crippen molar-refractivity contribution in [2.24, 2.45) is 0 Å². The van der Waals surface area contributed by atoms with Crippen molar-refractivity contribution < 1.29 is 42.5 Å². The summed E-state index contributed by atoms with van der Waals surface area (Å²) >= 11 is 0. The first kappa shape index (κ1) is 39.3. The van der Waals surface area contributed by atoms with Gasteiger partial charge < -0.3 is 34.0 Å². The minimum absolute atomic E-state index is 0.0240. The third-order valence-corrected chi connectivity index (χ3v) is 9.15. The summed E-state index contributed by atoms with van der Waals surface area (Å²) in [5.41, 5.74) is 4.83. The van der Waals surface area contributed by atoms with Gasteiger partial charge in [0, 0.05) is 18.8 Å². The van der Waals surface area contributed by atoms with Gasteiger partial charge in [-0.05, 0) is 60.6 Å². The van der Waals surface area contributed by atoms with Gasteiger partial charge in [0.15, 0.2) is 11.5 Å². The topological polar surface area (TPSA) is 155 Å². The van der Waals surface area contributed by atoms with Gasteiger partial charge in [0.25, 0.3) is 0 Å². The maximum atomic E-state index is 13.7. The SMILES string of the molecule is COC(=O)c1nc(C(Cc2ccccc2)NC(=O)OC(C)(C)C)oc1[C@H](CCC(=O)OCc1ccccc1)NC(=O)OCC1c2ccccc2-c2ccccc21. The zero-order valence-corrected chi connectivity index (χ0v) is 31.8. The molecule has 1 aliphatic rings. The summed E-state index contributed by atoms with van der Waals surface area (Å²) in [6, 6.07) is 32.5. The first-order valence-corrected chi connectivity index (χ1v) is 18.4. The molecule has 2 atom stereocenters. The first-order chi connectivity index (χ1) is 27.0. The Morgan fingerprint density at radius 2 is 1.30 bits per heavy atom. The van der Waals surface area contributed by atoms with Crippen LogP contribution in [0.3, 0.4) is 0 Å². The number of nitrogens with one attached hydrogen (secondary N) is 2. The van der Waals surface area contributed by atoms with E-state index in [0.717, 1.165) is 33.4 Å². The molecule has 56 heavy (non-hydrogen) atoms. The molecule has 0 saturated carbocycles. The fourth-order valence-corrected chi connectivity index (χ4v) is 6.60. The number of methoxy groups -OCH3 is 1. The summed E-state index contributed by atoms with van der Waals surface area (Å²) in [6.07, 6.45) is -1.54. The molecule has 0 aliphatic heterocycles. The number of fused-ring (bicyclic) bond motifs is 3. The van der Waals surface area contributed by atoms with E-state index >= 15 is 0 Å². The molecule has 2 amide bonds. The number of hydrogen-bond donors (Lipinski definition) is 2. The van der Waals surface area contributed by atoms with Crippen molar-refractivity contribution in [2.45, 2.75) is 70.2 Å². The van der Waals surface area contributed by atoms with Crippen molar-refractivity contribution in [1.82, 2.24) is 15.6 Å². The van der Waals surface area contributed by atoms with Crippen molar-refractivity contribution >= 4 is 24.1 Å². The molecular formula is C44H45N3O9. The highest BCUT2D eigenvalue weighted by atomic mass is 16.6. The Morgan fingerprint density at radius 3 is 1.91 bits per heavy atom. The molecule has 0 fully saturated rings. The van der Waals surface area contributed by atoms with E-state index in [9.17, 15) is 19.2 Å². The highest BCUT2D eigenvalue weighted by Crippen LogP contribution is 2.44. The molecule has 6 rings (SSSR count). The Balaban J connectivity index is 1.28. The number of alkyl carbamates (subject to hydrolysis) is 2. The largest absolute Gasteiger partial charge is 0.464 e. The second-order valence-corrected chi connectivity index (χ2v) is 14.4. The quantitative estimate of drug-likeness (QED) is 0.0833. The summed E-state index contributed by atoms with van der Waals surface area (Å²) in [5.74, 6) is -1.72. The lowest BCUT2D eigenvalue weighted by atomic mass is 9.98. The fourth-order valence-electron chi connectivity index (χ4n) is 6.60. The normalized spacial score (nSPS) is 13.1. The molecule has 0 saturated heterocycles. The number of benzene rings is 4. The van der Waals surface area contributed by atoms with E-state index in [4.69, 9.17) is 23.4 Å². The number of ether oxygens (including phenoxy) is 4. The predicted octanol–water partition coefficient (Wildman–Crippen LogP) is 8.37. The van der Waals surface area contributed by atoms with Crippen molar-refractivity contribution in [3.8, 4) is 11.1 Å². The molecule has 1 unspecified atom stereocenters. The summed E-state index contributed by atoms with van der Waals surface area (Å²) in [6.45, 7) is 5.29. The standard InChI is InChI=1S/C44H45N3O9/c1-44(2,3)56-43(51)46-36(25-28-15-7-5-8-16-28)40-47-38(41(49)52-4)39(55-40)35(23-24-37(48)53-26-29-17-9-6-10-18-29)45-42(50)54-27-34-32-21-13-11-19-30(32)31-20-12-14-22-33(31)34/h5-22,34-36H,23-27H2,1-4H3,(H,45,50)(H,46,51)/t35-,36?/m0/s1. The van der Waals surface area contributed by atoms with Crippen LogP contribution in [-0.2, 0) is 36.8 Å². The van der Waals surface area contributed by atoms with Crippen molar-refractivity contribution in [3.05, 3.63) is 149 Å². The van der Waals surface area contributed by atoms with Gasteiger partial charge in [-0.1, -0.05) is 109 Å². The summed E-state index contributed by atoms with van der Waals surface area (Å²) in [4.78, 5) is 57.5. The molecule has 5 aromatic rings. The highest BCUT2D eigenvalue weighted by Gasteiger charge is 2.34. The third-order valence-electron chi connectivity index (χ3n) is 9.15. The van der Waals surface area contributed by atoms with E-state index in [1.165, 1.54) is 7.11 Å². The van der Waals surface area contributed by atoms with Crippen LogP contribution in [0.25, 0.3) is 11.1 Å². The summed E-state index contributed by atoms with van der Waals surface area (Å²) < 4.78 is 28.3. The number of amides is 2. The van der Waals surface area contributed by atoms with Gasteiger partial charge in [0.2, 0.25) is 5.89 Å². The molecule has 290 valence electrons. The number of oxazole rings is 1. The van der Waals surface area contributed by atoms with E-state index in [2.05, 4.69) is 15.6 Å². The van der Waals surface area contributed by atoms with E-state index in [1.54, 1.807) is 20.8 Å². The zero-order chi connectivity index (χ0) is 39.7. The smallest absolute Gasteiger partial charge is 0.408 e. The molecule has 12 heteroatoms. The van der Waals surface area contributed by atoms with Gasteiger partial charge in [-0.3, -0.25) is 4.79 Å². The zero-order valence-electron chi connectivity index (χ0n) is 31.8. The van der Waals surface area contributed by atoms with Gasteiger partial charge in [-0.25, -0.2) is 19.4 Å². The Labute approximate surface area is 325 Å². The number of esters is 2. The highest BCUT2D eigenvalue weighted by molar-refractivity contribution is 5.88. The maximum absolute atomic E-state index is 13.7. The summed E-state index contributed by atoms with van der Waals surface area (Å²) in [7, 11) is 1.19. The minimum Gasteiger partial charge on any atom is -0.464 e. The van der Waals surface area contributed by atoms with E-state index < -0.39 is 41.8 Å². The molecule has 1 heterocycles. The van der Waals surface area contributed by atoms with Crippen LogP contribution in [0.5, 0.6) is 0 Å². The van der Waals surface area contributed by atoms with Crippen molar-refractivity contribution in [2.75, 3.05) is 13.7 Å². The van der Waals surface area contributed by atoms with Crippen LogP contribution in [0.2, 0.25) is 0 Å². The molecule has 0 radical (unpaired) electrons. The maximum Gasteiger partial charge on any atom is 0.408 e. The van der Waals surface area contributed by atoms with Gasteiger partial charge >= 0.3 is 24.1 Å². The first-order valence-electron chi connectivity index (χ1n) is 18.4. The van der Waals surface area contributed by atoms with E-state index in [-0.39, 0.29) is 55.7 Å². The van der Waals surface area contributed by atoms with Gasteiger partial charge in [-0.15, -0.1) is 0 Å². The van der Waals surface area contributed by atoms with Crippen LogP contribution in [0.1, 0.15) is 96.0 Å². The van der Waals surface area contributed by atoms with Crippen LogP contribution in [0.4, 0.5) is 9.59 Å². The Hall–Kier alpha value is -6.43. The minimum atomic E-state index is -1.11. The molecule has 12 nitrogen and oxygen atoms in total. The Kier molecular flexibility index (Phi) is 12.5. The number of hydrogen-bond acceptors (Lipinski definition) is 10. The molecule has 2 N–H and O–H groups in total. The van der Waals surface area contributed by atoms with E-state index in [0.29, 0.717) is 0 Å². The van der Waals surface area contributed by atoms with Crippen LogP contribution >= 0.6 is 0 Å². The summed E-state index contributed by atoms with van der Waals surface area (Å²) in [5, 5.41) is 5.62. The second kappa shape index (κ2) is 17.8.